The van der Waals surface area contributed by atoms with Gasteiger partial charge < -0.3 is 11.5 Å². The van der Waals surface area contributed by atoms with Crippen LogP contribution >= 0.6 is 0 Å². The minimum Gasteiger partial charge on any atom is -0.398 e. The van der Waals surface area contributed by atoms with Crippen molar-refractivity contribution in [1.29, 1.82) is 0 Å². The third kappa shape index (κ3) is 1.97. The van der Waals surface area contributed by atoms with Gasteiger partial charge >= 0.3 is 0 Å². The Balaban J connectivity index is 2.04. The first-order valence-corrected chi connectivity index (χ1v) is 6.13. The second-order valence-corrected chi connectivity index (χ2v) is 4.42. The summed E-state index contributed by atoms with van der Waals surface area (Å²) in [6.07, 6.45) is 5.47. The maximum atomic E-state index is 5.95. The summed E-state index contributed by atoms with van der Waals surface area (Å²) in [6.45, 7) is 3.72. The normalized spacial score (nSPS) is 10.8. The third-order valence-electron chi connectivity index (χ3n) is 3.15. The monoisotopic (exact) mass is 266 g/mol. The van der Waals surface area contributed by atoms with Crippen LogP contribution in [0.4, 0.5) is 11.4 Å². The summed E-state index contributed by atoms with van der Waals surface area (Å²) in [5.74, 6) is 0.644. The summed E-state index contributed by atoms with van der Waals surface area (Å²) in [5, 5.41) is 0. The molecule has 0 radical (unpaired) electrons. The number of aromatic nitrogens is 4. The predicted octanol–water partition coefficient (Wildman–Crippen LogP) is 1.68. The Morgan fingerprint density at radius 2 is 1.95 bits per heavy atom. The Kier molecular flexibility index (Phi) is 2.83. The molecule has 2 aromatic heterocycles. The van der Waals surface area contributed by atoms with Gasteiger partial charge in [-0.3, -0.25) is 4.57 Å². The number of rotatable bonds is 3. The van der Waals surface area contributed by atoms with E-state index in [2.05, 4.69) is 21.5 Å². The average molecular weight is 266 g/mol. The van der Waals surface area contributed by atoms with Crippen molar-refractivity contribution in [2.75, 3.05) is 11.5 Å². The number of anilines is 2. The van der Waals surface area contributed by atoms with Gasteiger partial charge in [0.2, 0.25) is 0 Å². The lowest BCUT2D eigenvalue weighted by atomic mass is 10.1. The van der Waals surface area contributed by atoms with Gasteiger partial charge in [0, 0.05) is 29.6 Å². The predicted molar refractivity (Wildman–Crippen MR) is 79.8 cm³/mol. The summed E-state index contributed by atoms with van der Waals surface area (Å²) < 4.78 is 1.75. The van der Waals surface area contributed by atoms with Crippen LogP contribution in [0, 0.1) is 0 Å². The SMILES string of the molecule is C=Cn1cnc2cnc(Cc3c(N)cccc3N)nc21. The number of hydrogen-bond acceptors (Lipinski definition) is 5. The fourth-order valence-electron chi connectivity index (χ4n) is 2.07. The van der Waals surface area contributed by atoms with E-state index < -0.39 is 0 Å². The fourth-order valence-corrected chi connectivity index (χ4v) is 2.07. The summed E-state index contributed by atoms with van der Waals surface area (Å²) in [6, 6.07) is 5.46. The molecule has 0 aliphatic rings. The molecule has 0 spiro atoms. The quantitative estimate of drug-likeness (QED) is 0.703. The maximum Gasteiger partial charge on any atom is 0.167 e. The second kappa shape index (κ2) is 4.65. The molecule has 3 rings (SSSR count). The fraction of sp³-hybridized carbons (Fsp3) is 0.0714. The zero-order valence-electron chi connectivity index (χ0n) is 10.8. The molecule has 0 atom stereocenters. The summed E-state index contributed by atoms with van der Waals surface area (Å²) >= 11 is 0. The highest BCUT2D eigenvalue weighted by molar-refractivity contribution is 5.72. The van der Waals surface area contributed by atoms with Crippen LogP contribution in [0.5, 0.6) is 0 Å². The molecule has 2 heterocycles. The van der Waals surface area contributed by atoms with Crippen LogP contribution in [0.3, 0.4) is 0 Å². The van der Waals surface area contributed by atoms with Gasteiger partial charge in [-0.25, -0.2) is 15.0 Å². The molecule has 0 aliphatic carbocycles. The molecule has 100 valence electrons. The van der Waals surface area contributed by atoms with Crippen LogP contribution in [0.2, 0.25) is 0 Å². The first-order valence-electron chi connectivity index (χ1n) is 6.13. The van der Waals surface area contributed by atoms with Gasteiger partial charge in [0.15, 0.2) is 5.65 Å². The molecule has 0 unspecified atom stereocenters. The van der Waals surface area contributed by atoms with Gasteiger partial charge in [-0.2, -0.15) is 0 Å². The zero-order valence-corrected chi connectivity index (χ0v) is 10.8. The Bertz CT molecular complexity index is 769. The van der Waals surface area contributed by atoms with Crippen LogP contribution < -0.4 is 11.5 Å². The number of nitrogens with zero attached hydrogens (tertiary/aromatic N) is 4. The highest BCUT2D eigenvalue weighted by Gasteiger charge is 2.09. The lowest BCUT2D eigenvalue weighted by Gasteiger charge is -2.08. The van der Waals surface area contributed by atoms with E-state index in [4.69, 9.17) is 11.5 Å². The molecule has 0 amide bonds. The summed E-state index contributed by atoms with van der Waals surface area (Å²) in [4.78, 5) is 13.0. The zero-order chi connectivity index (χ0) is 14.1. The van der Waals surface area contributed by atoms with Crippen molar-refractivity contribution in [1.82, 2.24) is 19.5 Å². The minimum absolute atomic E-state index is 0.483. The molecule has 1 aromatic carbocycles. The number of nitrogens with two attached hydrogens (primary N) is 2. The van der Waals surface area contributed by atoms with E-state index in [1.807, 2.05) is 18.2 Å². The molecule has 0 saturated heterocycles. The second-order valence-electron chi connectivity index (χ2n) is 4.42. The minimum atomic E-state index is 0.483. The maximum absolute atomic E-state index is 5.95. The van der Waals surface area contributed by atoms with Crippen molar-refractivity contribution in [2.45, 2.75) is 6.42 Å². The van der Waals surface area contributed by atoms with Crippen LogP contribution in [0.1, 0.15) is 11.4 Å². The van der Waals surface area contributed by atoms with Crippen molar-refractivity contribution in [3.05, 3.63) is 48.7 Å². The Morgan fingerprint density at radius 1 is 1.20 bits per heavy atom. The van der Waals surface area contributed by atoms with Crippen molar-refractivity contribution >= 4 is 28.7 Å². The molecular formula is C14H14N6. The highest BCUT2D eigenvalue weighted by Crippen LogP contribution is 2.22. The van der Waals surface area contributed by atoms with E-state index in [1.54, 1.807) is 23.3 Å². The van der Waals surface area contributed by atoms with Crippen LogP contribution in [0.15, 0.2) is 37.3 Å². The molecular weight excluding hydrogens is 252 g/mol. The van der Waals surface area contributed by atoms with Gasteiger partial charge in [0.25, 0.3) is 0 Å². The lowest BCUT2D eigenvalue weighted by molar-refractivity contribution is 0.980. The van der Waals surface area contributed by atoms with Crippen molar-refractivity contribution in [3.63, 3.8) is 0 Å². The number of hydrogen-bond donors (Lipinski definition) is 2. The number of fused-ring (bicyclic) bond motifs is 1. The van der Waals surface area contributed by atoms with Crippen molar-refractivity contribution in [2.24, 2.45) is 0 Å². The molecule has 3 aromatic rings. The standard InChI is InChI=1S/C14H14N6/c1-2-20-8-18-12-7-17-13(19-14(12)20)6-9-10(15)4-3-5-11(9)16/h2-5,7-8H,1,6,15-16H2. The van der Waals surface area contributed by atoms with Gasteiger partial charge in [-0.15, -0.1) is 0 Å². The molecule has 6 heteroatoms. The van der Waals surface area contributed by atoms with E-state index in [1.165, 1.54) is 0 Å². The largest absolute Gasteiger partial charge is 0.398 e. The van der Waals surface area contributed by atoms with E-state index in [-0.39, 0.29) is 0 Å². The van der Waals surface area contributed by atoms with Crippen LogP contribution in [-0.4, -0.2) is 19.5 Å². The first kappa shape index (κ1) is 12.2. The van der Waals surface area contributed by atoms with Crippen LogP contribution in [0.25, 0.3) is 17.4 Å². The van der Waals surface area contributed by atoms with E-state index in [0.29, 0.717) is 23.6 Å². The van der Waals surface area contributed by atoms with Gasteiger partial charge in [-0.05, 0) is 12.1 Å². The first-order chi connectivity index (χ1) is 9.69. The molecule has 4 N–H and O–H groups in total. The highest BCUT2D eigenvalue weighted by atomic mass is 15.1. The Hall–Kier alpha value is -2.89. The average Bonchev–Trinajstić information content (AvgIpc) is 2.85. The summed E-state index contributed by atoms with van der Waals surface area (Å²) in [5.41, 5.74) is 15.5. The van der Waals surface area contributed by atoms with Crippen molar-refractivity contribution in [3.8, 4) is 0 Å². The molecule has 6 nitrogen and oxygen atoms in total. The Morgan fingerprint density at radius 3 is 2.65 bits per heavy atom. The van der Waals surface area contributed by atoms with Gasteiger partial charge in [0.05, 0.1) is 6.20 Å². The topological polar surface area (TPSA) is 95.6 Å². The molecule has 20 heavy (non-hydrogen) atoms. The molecule has 0 fully saturated rings. The Labute approximate surface area is 115 Å². The number of benzene rings is 1. The molecule has 0 aliphatic heterocycles. The summed E-state index contributed by atoms with van der Waals surface area (Å²) in [7, 11) is 0. The molecule has 0 bridgehead atoms. The van der Waals surface area contributed by atoms with E-state index in [9.17, 15) is 0 Å². The lowest BCUT2D eigenvalue weighted by Crippen LogP contribution is -2.04. The molecule has 0 saturated carbocycles. The van der Waals surface area contributed by atoms with Crippen LogP contribution in [-0.2, 0) is 6.42 Å². The van der Waals surface area contributed by atoms with E-state index in [0.717, 1.165) is 16.7 Å². The smallest absolute Gasteiger partial charge is 0.167 e. The number of nitrogen functional groups attached to an aromatic ring is 2. The van der Waals surface area contributed by atoms with Crippen molar-refractivity contribution < 1.29 is 0 Å². The number of imidazole rings is 1. The third-order valence-corrected chi connectivity index (χ3v) is 3.15. The van der Waals surface area contributed by atoms with Gasteiger partial charge in [-0.1, -0.05) is 12.6 Å². The van der Waals surface area contributed by atoms with Gasteiger partial charge in [0.1, 0.15) is 17.7 Å². The van der Waals surface area contributed by atoms with E-state index >= 15 is 0 Å².